The number of thioether (sulfide) groups is 1. The summed E-state index contributed by atoms with van der Waals surface area (Å²) in [5, 5.41) is 8.72. The number of hydrogen-bond acceptors (Lipinski definition) is 8. The highest BCUT2D eigenvalue weighted by atomic mass is 32.2. The van der Waals surface area contributed by atoms with Gasteiger partial charge in [-0.15, -0.1) is 10.2 Å². The van der Waals surface area contributed by atoms with Crippen molar-refractivity contribution in [2.24, 2.45) is 0 Å². The molecule has 0 amide bonds. The van der Waals surface area contributed by atoms with Crippen molar-refractivity contribution < 1.29 is 22.3 Å². The number of nitrogens with zero attached hydrogens (tertiary/aromatic N) is 7. The quantitative estimate of drug-likeness (QED) is 0.289. The number of halogens is 4. The van der Waals surface area contributed by atoms with Crippen molar-refractivity contribution >= 4 is 23.7 Å². The van der Waals surface area contributed by atoms with Crippen molar-refractivity contribution in [3.63, 3.8) is 0 Å². The Labute approximate surface area is 217 Å². The Morgan fingerprint density at radius 2 is 1.59 bits per heavy atom. The molecule has 13 heteroatoms. The predicted octanol–water partition coefficient (Wildman–Crippen LogP) is 4.59. The maximum Gasteiger partial charge on any atom is 0.397 e. The van der Waals surface area contributed by atoms with E-state index in [9.17, 15) is 17.6 Å². The van der Waals surface area contributed by atoms with Gasteiger partial charge in [-0.05, 0) is 51.1 Å². The van der Waals surface area contributed by atoms with E-state index in [-0.39, 0.29) is 18.1 Å². The zero-order valence-corrected chi connectivity index (χ0v) is 21.7. The summed E-state index contributed by atoms with van der Waals surface area (Å²) in [6.07, 6.45) is -4.78. The fraction of sp³-hybridized carbons (Fsp3) is 0.500. The Hall–Kier alpha value is -3.09. The van der Waals surface area contributed by atoms with Gasteiger partial charge in [0, 0.05) is 49.9 Å². The number of ether oxygens (including phenoxy) is 1. The summed E-state index contributed by atoms with van der Waals surface area (Å²) in [5.74, 6) is 1.15. The molecule has 4 rings (SSSR count). The molecular formula is C24H29F4N7OS. The first-order valence-corrected chi connectivity index (χ1v) is 13.1. The molecular weight excluding hydrogens is 510 g/mol. The fourth-order valence-electron chi connectivity index (χ4n) is 4.12. The number of anilines is 2. The molecule has 0 bridgehead atoms. The van der Waals surface area contributed by atoms with Gasteiger partial charge in [-0.3, -0.25) is 4.57 Å². The normalized spacial score (nSPS) is 15.2. The van der Waals surface area contributed by atoms with Crippen LogP contribution in [0.1, 0.15) is 30.2 Å². The third kappa shape index (κ3) is 7.24. The number of aromatic nitrogens is 5. The third-order valence-corrected chi connectivity index (χ3v) is 6.79. The van der Waals surface area contributed by atoms with Crippen LogP contribution < -0.4 is 14.5 Å². The van der Waals surface area contributed by atoms with E-state index in [1.54, 1.807) is 6.92 Å². The van der Waals surface area contributed by atoms with Gasteiger partial charge in [0.1, 0.15) is 11.6 Å². The standard InChI is InChI=1S/C24H29F4N7OS/c1-16-14-17(2)30-22(29-16)33-8-10-34(11-9-33)23-32-31-21(35(23)12-13-37-15-24(26,27)28)18(3)36-20-6-4-19(25)5-7-20/h4-7,14,18H,8-13,15H2,1-3H3. The highest BCUT2D eigenvalue weighted by Crippen LogP contribution is 2.27. The lowest BCUT2D eigenvalue weighted by atomic mass is 10.3. The van der Waals surface area contributed by atoms with E-state index in [4.69, 9.17) is 4.74 Å². The first-order chi connectivity index (χ1) is 17.6. The summed E-state index contributed by atoms with van der Waals surface area (Å²) in [6.45, 7) is 8.51. The van der Waals surface area contributed by atoms with E-state index in [1.807, 2.05) is 24.5 Å². The van der Waals surface area contributed by atoms with E-state index < -0.39 is 18.0 Å². The molecule has 0 spiro atoms. The monoisotopic (exact) mass is 539 g/mol. The largest absolute Gasteiger partial charge is 0.483 e. The molecule has 8 nitrogen and oxygen atoms in total. The molecule has 1 aromatic carbocycles. The predicted molar refractivity (Wildman–Crippen MR) is 135 cm³/mol. The Morgan fingerprint density at radius 3 is 2.22 bits per heavy atom. The molecule has 1 saturated heterocycles. The molecule has 37 heavy (non-hydrogen) atoms. The molecule has 1 fully saturated rings. The lowest BCUT2D eigenvalue weighted by Crippen LogP contribution is -2.48. The summed E-state index contributed by atoms with van der Waals surface area (Å²) in [6, 6.07) is 7.55. The summed E-state index contributed by atoms with van der Waals surface area (Å²) in [7, 11) is 0. The van der Waals surface area contributed by atoms with Crippen LogP contribution in [-0.4, -0.2) is 68.6 Å². The second kappa shape index (κ2) is 11.5. The Bertz CT molecular complexity index is 1160. The van der Waals surface area contributed by atoms with E-state index in [0.29, 0.717) is 49.6 Å². The van der Waals surface area contributed by atoms with E-state index in [0.717, 1.165) is 23.1 Å². The molecule has 0 radical (unpaired) electrons. The molecule has 2 aromatic heterocycles. The van der Waals surface area contributed by atoms with Gasteiger partial charge in [0.05, 0.1) is 5.75 Å². The number of rotatable bonds is 9. The lowest BCUT2D eigenvalue weighted by molar-refractivity contribution is -0.105. The molecule has 1 aliphatic rings. The summed E-state index contributed by atoms with van der Waals surface area (Å²) >= 11 is 0.813. The van der Waals surface area contributed by atoms with E-state index in [1.165, 1.54) is 24.3 Å². The fourth-order valence-corrected chi connectivity index (χ4v) is 4.81. The van der Waals surface area contributed by atoms with Crippen LogP contribution in [0, 0.1) is 19.7 Å². The van der Waals surface area contributed by atoms with Crippen LogP contribution in [0.2, 0.25) is 0 Å². The molecule has 0 aliphatic carbocycles. The maximum absolute atomic E-state index is 13.3. The minimum Gasteiger partial charge on any atom is -0.483 e. The topological polar surface area (TPSA) is 72.2 Å². The first kappa shape index (κ1) is 27.0. The molecule has 0 N–H and O–H groups in total. The summed E-state index contributed by atoms with van der Waals surface area (Å²) < 4.78 is 59.0. The molecule has 1 unspecified atom stereocenters. The van der Waals surface area contributed by atoms with Gasteiger partial charge in [0.15, 0.2) is 11.9 Å². The second-order valence-corrected chi connectivity index (χ2v) is 9.92. The minimum atomic E-state index is -4.23. The van der Waals surface area contributed by atoms with Crippen LogP contribution in [-0.2, 0) is 6.54 Å². The molecule has 0 saturated carbocycles. The minimum absolute atomic E-state index is 0.233. The number of hydrogen-bond donors (Lipinski definition) is 0. The summed E-state index contributed by atoms with van der Waals surface area (Å²) in [5.41, 5.74) is 1.81. The van der Waals surface area contributed by atoms with Gasteiger partial charge in [-0.25, -0.2) is 14.4 Å². The second-order valence-electron chi connectivity index (χ2n) is 8.82. The van der Waals surface area contributed by atoms with E-state index >= 15 is 0 Å². The lowest BCUT2D eigenvalue weighted by Gasteiger charge is -2.35. The Kier molecular flexibility index (Phi) is 8.40. The van der Waals surface area contributed by atoms with Gasteiger partial charge in [0.25, 0.3) is 0 Å². The number of aryl methyl sites for hydroxylation is 2. The van der Waals surface area contributed by atoms with Crippen molar-refractivity contribution in [2.45, 2.75) is 39.6 Å². The average Bonchev–Trinajstić information content (AvgIpc) is 3.26. The van der Waals surface area contributed by atoms with Crippen molar-refractivity contribution in [1.82, 2.24) is 24.7 Å². The van der Waals surface area contributed by atoms with Crippen molar-refractivity contribution in [1.29, 1.82) is 0 Å². The molecule has 3 aromatic rings. The molecule has 200 valence electrons. The zero-order chi connectivity index (χ0) is 26.6. The van der Waals surface area contributed by atoms with Crippen LogP contribution in [0.3, 0.4) is 0 Å². The highest BCUT2D eigenvalue weighted by Gasteiger charge is 2.29. The van der Waals surface area contributed by atoms with Crippen molar-refractivity contribution in [2.75, 3.05) is 47.5 Å². The van der Waals surface area contributed by atoms with Gasteiger partial charge >= 0.3 is 6.18 Å². The number of piperazine rings is 1. The van der Waals surface area contributed by atoms with Gasteiger partial charge in [-0.2, -0.15) is 24.9 Å². The number of benzene rings is 1. The van der Waals surface area contributed by atoms with E-state index in [2.05, 4.69) is 30.0 Å². The first-order valence-electron chi connectivity index (χ1n) is 11.9. The smallest absolute Gasteiger partial charge is 0.397 e. The van der Waals surface area contributed by atoms with Crippen LogP contribution in [0.15, 0.2) is 30.3 Å². The zero-order valence-electron chi connectivity index (χ0n) is 20.9. The van der Waals surface area contributed by atoms with Crippen LogP contribution in [0.4, 0.5) is 29.5 Å². The molecule has 1 atom stereocenters. The summed E-state index contributed by atoms with van der Waals surface area (Å²) in [4.78, 5) is 13.3. The average molecular weight is 540 g/mol. The van der Waals surface area contributed by atoms with Crippen molar-refractivity contribution in [3.8, 4) is 5.75 Å². The van der Waals surface area contributed by atoms with Gasteiger partial charge in [-0.1, -0.05) is 0 Å². The molecule has 1 aliphatic heterocycles. The molecule has 3 heterocycles. The van der Waals surface area contributed by atoms with Crippen LogP contribution in [0.5, 0.6) is 5.75 Å². The van der Waals surface area contributed by atoms with Gasteiger partial charge < -0.3 is 14.5 Å². The van der Waals surface area contributed by atoms with Crippen molar-refractivity contribution in [3.05, 3.63) is 53.4 Å². The van der Waals surface area contributed by atoms with Gasteiger partial charge in [0.2, 0.25) is 11.9 Å². The number of alkyl halides is 3. The highest BCUT2D eigenvalue weighted by molar-refractivity contribution is 7.99. The Morgan fingerprint density at radius 1 is 0.973 bits per heavy atom. The Balaban J connectivity index is 1.49. The maximum atomic E-state index is 13.3. The van der Waals surface area contributed by atoms with Crippen LogP contribution >= 0.6 is 11.8 Å². The third-order valence-electron chi connectivity index (χ3n) is 5.79. The van der Waals surface area contributed by atoms with Crippen LogP contribution in [0.25, 0.3) is 0 Å². The SMILES string of the molecule is Cc1cc(C)nc(N2CCN(c3nnc(C(C)Oc4ccc(F)cc4)n3CCSCC(F)(F)F)CC2)n1.